The van der Waals surface area contributed by atoms with Gasteiger partial charge in [-0.25, -0.2) is 9.59 Å². The van der Waals surface area contributed by atoms with Crippen LogP contribution in [0.3, 0.4) is 0 Å². The highest BCUT2D eigenvalue weighted by molar-refractivity contribution is 5.94. The molecule has 1 saturated heterocycles. The highest BCUT2D eigenvalue weighted by atomic mass is 16.5. The Morgan fingerprint density at radius 2 is 1.64 bits per heavy atom. The van der Waals surface area contributed by atoms with E-state index in [0.717, 1.165) is 21.9 Å². The van der Waals surface area contributed by atoms with E-state index in [1.165, 1.54) is 7.11 Å². The molecular formula is C37H45N3O7. The molecule has 47 heavy (non-hydrogen) atoms. The Morgan fingerprint density at radius 1 is 0.915 bits per heavy atom. The highest BCUT2D eigenvalue weighted by Gasteiger charge is 2.35. The minimum atomic E-state index is -1.03. The number of ketones is 1. The third kappa shape index (κ3) is 10.4. The number of nitrogens with one attached hydrogen (secondary N) is 3. The van der Waals surface area contributed by atoms with Crippen LogP contribution in [0.4, 0.5) is 4.79 Å². The number of benzene rings is 3. The van der Waals surface area contributed by atoms with Gasteiger partial charge in [0, 0.05) is 37.6 Å². The largest absolute Gasteiger partial charge is 0.467 e. The lowest BCUT2D eigenvalue weighted by atomic mass is 9.87. The van der Waals surface area contributed by atoms with Crippen molar-refractivity contribution in [2.45, 2.75) is 64.5 Å². The van der Waals surface area contributed by atoms with Crippen molar-refractivity contribution < 1.29 is 33.4 Å². The van der Waals surface area contributed by atoms with E-state index >= 15 is 0 Å². The zero-order valence-electron chi connectivity index (χ0n) is 27.3. The molecule has 250 valence electrons. The van der Waals surface area contributed by atoms with E-state index in [1.807, 2.05) is 86.6 Å². The number of Topliss-reactive ketones (excluding diaryl/α,β-unsaturated/α-hetero) is 1. The maximum absolute atomic E-state index is 14.0. The van der Waals surface area contributed by atoms with Crippen molar-refractivity contribution in [3.8, 4) is 0 Å². The monoisotopic (exact) mass is 643 g/mol. The summed E-state index contributed by atoms with van der Waals surface area (Å²) in [7, 11) is 1.23. The number of carbonyl (C=O) groups excluding carboxylic acids is 5. The summed E-state index contributed by atoms with van der Waals surface area (Å²) in [6, 6.07) is 21.3. The fraction of sp³-hybridized carbons (Fsp3) is 0.432. The van der Waals surface area contributed by atoms with Gasteiger partial charge in [-0.3, -0.25) is 14.4 Å². The number of methoxy groups -OCH3 is 1. The van der Waals surface area contributed by atoms with E-state index in [1.54, 1.807) is 0 Å². The Bertz CT molecular complexity index is 1540. The lowest BCUT2D eigenvalue weighted by Gasteiger charge is -2.25. The zero-order valence-corrected chi connectivity index (χ0v) is 27.3. The van der Waals surface area contributed by atoms with Gasteiger partial charge in [-0.1, -0.05) is 86.6 Å². The first-order valence-corrected chi connectivity index (χ1v) is 16.3. The molecule has 0 aromatic heterocycles. The van der Waals surface area contributed by atoms with Crippen molar-refractivity contribution >= 4 is 40.4 Å². The number of rotatable bonds is 16. The molecule has 0 radical (unpaired) electrons. The van der Waals surface area contributed by atoms with Gasteiger partial charge in [-0.15, -0.1) is 0 Å². The zero-order chi connectivity index (χ0) is 33.8. The molecule has 10 heteroatoms. The quantitative estimate of drug-likeness (QED) is 0.195. The van der Waals surface area contributed by atoms with E-state index in [9.17, 15) is 24.0 Å². The van der Waals surface area contributed by atoms with Crippen molar-refractivity contribution in [2.24, 2.45) is 17.8 Å². The lowest BCUT2D eigenvalue weighted by Crippen LogP contribution is -2.48. The molecule has 1 aliphatic rings. The average Bonchev–Trinajstić information content (AvgIpc) is 3.47. The Hall–Kier alpha value is -4.73. The molecule has 10 nitrogen and oxygen atoms in total. The molecule has 4 atom stereocenters. The summed E-state index contributed by atoms with van der Waals surface area (Å²) in [6.45, 7) is 4.54. The Balaban J connectivity index is 1.51. The molecule has 0 bridgehead atoms. The minimum Gasteiger partial charge on any atom is -0.467 e. The van der Waals surface area contributed by atoms with Crippen LogP contribution in [0.5, 0.6) is 0 Å². The van der Waals surface area contributed by atoms with Crippen molar-refractivity contribution in [3.63, 3.8) is 0 Å². The van der Waals surface area contributed by atoms with Crippen molar-refractivity contribution in [3.05, 3.63) is 83.9 Å². The average molecular weight is 644 g/mol. The summed E-state index contributed by atoms with van der Waals surface area (Å²) in [6.07, 6.45) is 0.873. The summed E-state index contributed by atoms with van der Waals surface area (Å²) < 4.78 is 10.4. The molecular weight excluding hydrogens is 598 g/mol. The molecule has 3 aromatic carbocycles. The molecule has 1 aliphatic heterocycles. The third-order valence-electron chi connectivity index (χ3n) is 8.51. The van der Waals surface area contributed by atoms with Crippen LogP contribution in [-0.2, 0) is 41.5 Å². The van der Waals surface area contributed by atoms with Crippen LogP contribution < -0.4 is 16.0 Å². The second-order valence-electron chi connectivity index (χ2n) is 12.5. The van der Waals surface area contributed by atoms with Gasteiger partial charge in [0.25, 0.3) is 0 Å². The lowest BCUT2D eigenvalue weighted by molar-refractivity contribution is -0.146. The topological polar surface area (TPSA) is 140 Å². The van der Waals surface area contributed by atoms with E-state index in [0.29, 0.717) is 25.8 Å². The molecule has 4 rings (SSSR count). The van der Waals surface area contributed by atoms with Crippen LogP contribution in [0.2, 0.25) is 0 Å². The van der Waals surface area contributed by atoms with Gasteiger partial charge in [-0.2, -0.15) is 0 Å². The summed E-state index contributed by atoms with van der Waals surface area (Å²) >= 11 is 0. The first-order valence-electron chi connectivity index (χ1n) is 16.3. The van der Waals surface area contributed by atoms with Crippen LogP contribution in [0, 0.1) is 17.8 Å². The second-order valence-corrected chi connectivity index (χ2v) is 12.5. The van der Waals surface area contributed by atoms with Gasteiger partial charge < -0.3 is 25.4 Å². The normalized spacial score (nSPS) is 16.2. The van der Waals surface area contributed by atoms with Crippen LogP contribution in [0.1, 0.15) is 50.7 Å². The number of esters is 1. The van der Waals surface area contributed by atoms with Crippen LogP contribution >= 0.6 is 0 Å². The number of fused-ring (bicyclic) bond motifs is 1. The van der Waals surface area contributed by atoms with Crippen LogP contribution in [0.25, 0.3) is 10.8 Å². The van der Waals surface area contributed by atoms with Crippen molar-refractivity contribution in [1.82, 2.24) is 16.0 Å². The number of hydrogen-bond acceptors (Lipinski definition) is 7. The SMILES string of the molecule is COC(=O)[C@H](C[C@@H]1CCNC1=O)NC(=O)[C@@H](CC(=O)[C@H](Cc1cccc2ccccc12)NC(=O)OCCc1ccccc1)CC(C)C. The first-order chi connectivity index (χ1) is 22.6. The Morgan fingerprint density at radius 3 is 2.34 bits per heavy atom. The minimum absolute atomic E-state index is 0.0585. The van der Waals surface area contributed by atoms with E-state index in [4.69, 9.17) is 9.47 Å². The van der Waals surface area contributed by atoms with Gasteiger partial charge in [0.15, 0.2) is 5.78 Å². The highest BCUT2D eigenvalue weighted by Crippen LogP contribution is 2.24. The fourth-order valence-electron chi connectivity index (χ4n) is 6.06. The van der Waals surface area contributed by atoms with Gasteiger partial charge >= 0.3 is 12.1 Å². The first kappa shape index (κ1) is 35.1. The smallest absolute Gasteiger partial charge is 0.407 e. The molecule has 0 saturated carbocycles. The molecule has 3 N–H and O–H groups in total. The number of alkyl carbamates (subject to hydrolysis) is 1. The van der Waals surface area contributed by atoms with Crippen molar-refractivity contribution in [2.75, 3.05) is 20.3 Å². The van der Waals surface area contributed by atoms with Crippen LogP contribution in [-0.4, -0.2) is 62.0 Å². The number of amides is 3. The molecule has 0 aliphatic carbocycles. The summed E-state index contributed by atoms with van der Waals surface area (Å²) in [5, 5.41) is 10.2. The molecule has 1 fully saturated rings. The summed E-state index contributed by atoms with van der Waals surface area (Å²) in [5.74, 6) is -2.77. The van der Waals surface area contributed by atoms with Crippen molar-refractivity contribution in [1.29, 1.82) is 0 Å². The standard InChI is InChI=1S/C37H45N3O7/c1-24(2)20-29(35(43)39-32(36(44)46-3)22-28-16-18-38-34(28)42)23-33(41)31(21-27-14-9-13-26-12-7-8-15-30(26)27)40-37(45)47-19-17-25-10-5-4-6-11-25/h4-15,24,28-29,31-32H,16-23H2,1-3H3,(H,38,42)(H,39,43)(H,40,45)/t28-,29+,31-,32-/m0/s1. The summed E-state index contributed by atoms with van der Waals surface area (Å²) in [4.78, 5) is 65.5. The predicted octanol–water partition coefficient (Wildman–Crippen LogP) is 4.53. The maximum atomic E-state index is 14.0. The number of ether oxygens (including phenoxy) is 2. The van der Waals surface area contributed by atoms with E-state index in [-0.39, 0.29) is 43.5 Å². The number of hydrogen-bond donors (Lipinski definition) is 3. The summed E-state index contributed by atoms with van der Waals surface area (Å²) in [5.41, 5.74) is 1.89. The molecule has 3 aromatic rings. The Kier molecular flexibility index (Phi) is 12.9. The molecule has 0 spiro atoms. The van der Waals surface area contributed by atoms with Gasteiger partial charge in [0.05, 0.1) is 19.8 Å². The maximum Gasteiger partial charge on any atom is 0.407 e. The van der Waals surface area contributed by atoms with E-state index < -0.39 is 41.9 Å². The van der Waals surface area contributed by atoms with Gasteiger partial charge in [-0.05, 0) is 47.1 Å². The molecule has 1 heterocycles. The Labute approximate surface area is 276 Å². The van der Waals surface area contributed by atoms with E-state index in [2.05, 4.69) is 16.0 Å². The molecule has 0 unspecified atom stereocenters. The number of carbonyl (C=O) groups is 5. The second kappa shape index (κ2) is 17.3. The fourth-order valence-corrected chi connectivity index (χ4v) is 6.06. The van der Waals surface area contributed by atoms with Crippen LogP contribution in [0.15, 0.2) is 72.8 Å². The van der Waals surface area contributed by atoms with Gasteiger partial charge in [0.1, 0.15) is 6.04 Å². The van der Waals surface area contributed by atoms with Gasteiger partial charge in [0.2, 0.25) is 11.8 Å². The third-order valence-corrected chi connectivity index (χ3v) is 8.51. The molecule has 3 amide bonds. The predicted molar refractivity (Wildman–Crippen MR) is 178 cm³/mol.